The van der Waals surface area contributed by atoms with Gasteiger partial charge in [0.05, 0.1) is 43.9 Å². The van der Waals surface area contributed by atoms with Gasteiger partial charge in [0.1, 0.15) is 34.9 Å². The van der Waals surface area contributed by atoms with Crippen LogP contribution < -0.4 is 20.1 Å². The van der Waals surface area contributed by atoms with Gasteiger partial charge >= 0.3 is 6.09 Å². The van der Waals surface area contributed by atoms with Crippen molar-refractivity contribution >= 4 is 23.5 Å². The average molecular weight is 628 g/mol. The molecule has 1 unspecified atom stereocenters. The van der Waals surface area contributed by atoms with Gasteiger partial charge in [-0.25, -0.2) is 19.7 Å². The number of pyridine rings is 2. The fraction of sp³-hybridized carbons (Fsp3) is 0.364. The number of ether oxygens (including phenoxy) is 3. The zero-order chi connectivity index (χ0) is 32.4. The smallest absolute Gasteiger partial charge is 0.410 e. The third-order valence-corrected chi connectivity index (χ3v) is 7.83. The molecular formula is C33H37N7O6. The van der Waals surface area contributed by atoms with Crippen LogP contribution in [0.4, 0.5) is 16.3 Å². The number of rotatable bonds is 8. The Balaban J connectivity index is 1.26. The van der Waals surface area contributed by atoms with Crippen molar-refractivity contribution in [1.29, 1.82) is 0 Å². The minimum absolute atomic E-state index is 0.177. The Morgan fingerprint density at radius 3 is 2.65 bits per heavy atom. The Labute approximate surface area is 266 Å². The van der Waals surface area contributed by atoms with Crippen molar-refractivity contribution in [1.82, 2.24) is 30.1 Å². The fourth-order valence-electron chi connectivity index (χ4n) is 5.66. The molecule has 1 saturated heterocycles. The Kier molecular flexibility index (Phi) is 8.50. The molecule has 0 radical (unpaired) electrons. The zero-order valence-electron chi connectivity index (χ0n) is 26.5. The third kappa shape index (κ3) is 6.31. The molecule has 1 aromatic carbocycles. The maximum absolute atomic E-state index is 14.0. The fourth-order valence-corrected chi connectivity index (χ4v) is 5.66. The number of nitrogens with one attached hydrogen (secondary N) is 2. The predicted molar refractivity (Wildman–Crippen MR) is 169 cm³/mol. The topological polar surface area (TPSA) is 144 Å². The predicted octanol–water partition coefficient (Wildman–Crippen LogP) is 4.93. The van der Waals surface area contributed by atoms with Gasteiger partial charge in [-0.1, -0.05) is 6.07 Å². The molecule has 2 aliphatic rings. The van der Waals surface area contributed by atoms with Crippen LogP contribution in [0.25, 0.3) is 11.6 Å². The minimum atomic E-state index is -0.594. The molecule has 2 amide bonds. The average Bonchev–Trinajstić information content (AvgIpc) is 3.70. The highest BCUT2D eigenvalue weighted by Crippen LogP contribution is 2.38. The molecule has 2 N–H and O–H groups in total. The number of methoxy groups -OCH3 is 2. The lowest BCUT2D eigenvalue weighted by atomic mass is 10.1. The number of carbonyl (C=O) groups excluding carboxylic acids is 2. The third-order valence-electron chi connectivity index (χ3n) is 7.83. The molecule has 2 aliphatic heterocycles. The van der Waals surface area contributed by atoms with Crippen molar-refractivity contribution in [3.05, 3.63) is 77.4 Å². The van der Waals surface area contributed by atoms with Crippen LogP contribution in [0.1, 0.15) is 53.9 Å². The van der Waals surface area contributed by atoms with Crippen molar-refractivity contribution in [3.8, 4) is 23.1 Å². The van der Waals surface area contributed by atoms with Gasteiger partial charge in [-0.2, -0.15) is 0 Å². The second-order valence-electron chi connectivity index (χ2n) is 12.0. The van der Waals surface area contributed by atoms with E-state index in [1.807, 2.05) is 45.0 Å². The van der Waals surface area contributed by atoms with E-state index in [9.17, 15) is 9.59 Å². The number of fused-ring (bicyclic) bond motifs is 1. The van der Waals surface area contributed by atoms with Crippen molar-refractivity contribution in [2.75, 3.05) is 39.2 Å². The van der Waals surface area contributed by atoms with Gasteiger partial charge in [-0.3, -0.25) is 9.69 Å². The van der Waals surface area contributed by atoms with Gasteiger partial charge in [0.25, 0.3) is 5.91 Å². The summed E-state index contributed by atoms with van der Waals surface area (Å²) >= 11 is 0. The van der Waals surface area contributed by atoms with Crippen molar-refractivity contribution in [2.24, 2.45) is 0 Å². The first-order valence-electron chi connectivity index (χ1n) is 15.0. The second-order valence-corrected chi connectivity index (χ2v) is 12.0. The molecule has 1 fully saturated rings. The van der Waals surface area contributed by atoms with Gasteiger partial charge in [-0.05, 0) is 44.5 Å². The highest BCUT2D eigenvalue weighted by molar-refractivity contribution is 6.05. The number of benzene rings is 1. The highest BCUT2D eigenvalue weighted by Gasteiger charge is 2.35. The van der Waals surface area contributed by atoms with Gasteiger partial charge < -0.3 is 34.2 Å². The van der Waals surface area contributed by atoms with Crippen molar-refractivity contribution in [3.63, 3.8) is 0 Å². The largest absolute Gasteiger partial charge is 0.497 e. The molecule has 0 aliphatic carbocycles. The molecule has 13 heteroatoms. The van der Waals surface area contributed by atoms with Crippen LogP contribution in [-0.4, -0.2) is 76.2 Å². The van der Waals surface area contributed by atoms with Crippen LogP contribution in [0, 0.1) is 0 Å². The Hall–Kier alpha value is -5.17. The number of oxazole rings is 1. The zero-order valence-corrected chi connectivity index (χ0v) is 26.5. The van der Waals surface area contributed by atoms with Crippen molar-refractivity contribution in [2.45, 2.75) is 45.5 Å². The van der Waals surface area contributed by atoms with Gasteiger partial charge in [-0.15, -0.1) is 0 Å². The van der Waals surface area contributed by atoms with E-state index in [-0.39, 0.29) is 18.0 Å². The number of hydrogen-bond acceptors (Lipinski definition) is 11. The maximum Gasteiger partial charge on any atom is 0.410 e. The van der Waals surface area contributed by atoms with E-state index in [1.54, 1.807) is 48.7 Å². The molecule has 240 valence electrons. The molecule has 13 nitrogen and oxygen atoms in total. The van der Waals surface area contributed by atoms with E-state index in [4.69, 9.17) is 18.6 Å². The number of anilines is 2. The number of hydrogen-bond donors (Lipinski definition) is 2. The number of aromatic nitrogens is 3. The lowest BCUT2D eigenvalue weighted by Gasteiger charge is -2.37. The molecule has 5 heterocycles. The summed E-state index contributed by atoms with van der Waals surface area (Å²) < 4.78 is 22.1. The lowest BCUT2D eigenvalue weighted by Crippen LogP contribution is -2.50. The first-order valence-corrected chi connectivity index (χ1v) is 15.0. The summed E-state index contributed by atoms with van der Waals surface area (Å²) in [6, 6.07) is 9.03. The van der Waals surface area contributed by atoms with E-state index >= 15 is 0 Å². The maximum atomic E-state index is 14.0. The van der Waals surface area contributed by atoms with Crippen LogP contribution >= 0.6 is 0 Å². The van der Waals surface area contributed by atoms with E-state index < -0.39 is 5.60 Å². The first-order chi connectivity index (χ1) is 22.1. The number of piperazine rings is 1. The normalized spacial score (nSPS) is 16.3. The summed E-state index contributed by atoms with van der Waals surface area (Å²) in [7, 11) is 3.18. The quantitative estimate of drug-likeness (QED) is 0.274. The van der Waals surface area contributed by atoms with E-state index in [0.717, 1.165) is 11.1 Å². The van der Waals surface area contributed by atoms with E-state index in [0.29, 0.717) is 78.4 Å². The van der Waals surface area contributed by atoms with E-state index in [2.05, 4.69) is 25.6 Å². The molecular weight excluding hydrogens is 590 g/mol. The van der Waals surface area contributed by atoms with Crippen LogP contribution in [0.2, 0.25) is 0 Å². The molecule has 0 bridgehead atoms. The molecule has 6 rings (SSSR count). The molecule has 3 aromatic heterocycles. The number of amides is 2. The van der Waals surface area contributed by atoms with Gasteiger partial charge in [0.2, 0.25) is 5.89 Å². The summed E-state index contributed by atoms with van der Waals surface area (Å²) in [6.45, 7) is 7.95. The Morgan fingerprint density at radius 2 is 1.96 bits per heavy atom. The first kappa shape index (κ1) is 30.8. The summed E-state index contributed by atoms with van der Waals surface area (Å²) in [5, 5.41) is 6.64. The van der Waals surface area contributed by atoms with Crippen LogP contribution in [0.5, 0.6) is 11.5 Å². The standard InChI is InChI=1S/C33H37N7O6/c1-33(2,3)46-32(42)40-12-10-34-17-25(40)20-7-9-27(36-15-20)38-24-16-37-29(30-35-11-13-45-30)23-19-39(31(41)28(23)24)18-21-6-8-22(43-4)14-26(21)44-5/h6-9,11,13-16,25,34H,10,12,17-19H2,1-5H3,(H,36,38). The Bertz CT molecular complexity index is 1720. The summed E-state index contributed by atoms with van der Waals surface area (Å²) in [5.74, 6) is 1.96. The summed E-state index contributed by atoms with van der Waals surface area (Å²) in [5.41, 5.74) is 3.27. The molecule has 0 spiro atoms. The van der Waals surface area contributed by atoms with Crippen LogP contribution in [0.15, 0.2) is 59.6 Å². The molecule has 46 heavy (non-hydrogen) atoms. The van der Waals surface area contributed by atoms with E-state index in [1.165, 1.54) is 6.26 Å². The SMILES string of the molecule is COc1ccc(CN2Cc3c(-c4ncco4)ncc(Nc4ccc(C5CNCCN5C(=O)OC(C)(C)C)cn4)c3C2=O)c(OC)c1. The monoisotopic (exact) mass is 627 g/mol. The number of nitrogens with zero attached hydrogens (tertiary/aromatic N) is 5. The number of carbonyl (C=O) groups is 2. The molecule has 0 saturated carbocycles. The minimum Gasteiger partial charge on any atom is -0.497 e. The van der Waals surface area contributed by atoms with Crippen LogP contribution in [0.3, 0.4) is 0 Å². The highest BCUT2D eigenvalue weighted by atomic mass is 16.6. The van der Waals surface area contributed by atoms with Crippen molar-refractivity contribution < 1.29 is 28.2 Å². The molecule has 1 atom stereocenters. The second kappa shape index (κ2) is 12.7. The summed E-state index contributed by atoms with van der Waals surface area (Å²) in [6.07, 6.45) is 5.99. The van der Waals surface area contributed by atoms with Crippen LogP contribution in [-0.2, 0) is 17.8 Å². The van der Waals surface area contributed by atoms with Gasteiger partial charge in [0, 0.05) is 56.1 Å². The Morgan fingerprint density at radius 1 is 1.11 bits per heavy atom. The van der Waals surface area contributed by atoms with Gasteiger partial charge in [0.15, 0.2) is 0 Å². The summed E-state index contributed by atoms with van der Waals surface area (Å²) in [4.78, 5) is 43.9. The lowest BCUT2D eigenvalue weighted by molar-refractivity contribution is 0.0117. The molecule has 4 aromatic rings.